The minimum atomic E-state index is 0.900. The number of hydrogen-bond acceptors (Lipinski definition) is 2. The van der Waals surface area contributed by atoms with Crippen LogP contribution in [0.4, 0.5) is 0 Å². The predicted molar refractivity (Wildman–Crippen MR) is 71.9 cm³/mol. The van der Waals surface area contributed by atoms with Gasteiger partial charge in [0.1, 0.15) is 5.69 Å². The Hall–Kier alpha value is -2.42. The fourth-order valence-corrected chi connectivity index (χ4v) is 1.94. The largest absolute Gasteiger partial charge is 0.255 e. The molecule has 0 atom stereocenters. The molecule has 88 valence electrons. The second-order valence-electron chi connectivity index (χ2n) is 4.22. The van der Waals surface area contributed by atoms with Gasteiger partial charge in [0.15, 0.2) is 0 Å². The Morgan fingerprint density at radius 3 is 2.00 bits per heavy atom. The lowest BCUT2D eigenvalue weighted by Gasteiger charge is -2.02. The highest BCUT2D eigenvalue weighted by Gasteiger charge is 2.02. The van der Waals surface area contributed by atoms with Crippen LogP contribution >= 0.6 is 0 Å². The van der Waals surface area contributed by atoms with Gasteiger partial charge in [-0.2, -0.15) is 0 Å². The van der Waals surface area contributed by atoms with Crippen LogP contribution in [0.3, 0.4) is 0 Å². The van der Waals surface area contributed by atoms with Crippen LogP contribution in [0.2, 0.25) is 0 Å². The van der Waals surface area contributed by atoms with Gasteiger partial charge in [0.05, 0.1) is 6.20 Å². The van der Waals surface area contributed by atoms with E-state index in [0.717, 1.165) is 11.3 Å². The Bertz CT molecular complexity index is 639. The zero-order chi connectivity index (χ0) is 12.4. The number of rotatable bonds is 2. The van der Waals surface area contributed by atoms with Crippen LogP contribution in [-0.4, -0.2) is 15.0 Å². The molecule has 1 aromatic heterocycles. The van der Waals surface area contributed by atoms with Crippen LogP contribution in [0, 0.1) is 0 Å². The van der Waals surface area contributed by atoms with Crippen LogP contribution in [0.15, 0.2) is 60.8 Å². The second-order valence-corrected chi connectivity index (χ2v) is 4.22. The molecule has 0 bridgehead atoms. The summed E-state index contributed by atoms with van der Waals surface area (Å²) in [4.78, 5) is 0. The van der Waals surface area contributed by atoms with Gasteiger partial charge < -0.3 is 0 Å². The fourth-order valence-electron chi connectivity index (χ4n) is 1.94. The predicted octanol–water partition coefficient (Wildman–Crippen LogP) is 3.15. The maximum atomic E-state index is 4.10. The number of aromatic nitrogens is 3. The summed E-state index contributed by atoms with van der Waals surface area (Å²) >= 11 is 0. The van der Waals surface area contributed by atoms with Crippen molar-refractivity contribution < 1.29 is 0 Å². The normalized spacial score (nSPS) is 10.5. The van der Waals surface area contributed by atoms with Crippen molar-refractivity contribution in [1.82, 2.24) is 15.0 Å². The molecule has 3 rings (SSSR count). The lowest BCUT2D eigenvalue weighted by Crippen LogP contribution is -1.85. The minimum absolute atomic E-state index is 0.900. The van der Waals surface area contributed by atoms with Gasteiger partial charge in [0.2, 0.25) is 0 Å². The van der Waals surface area contributed by atoms with Crippen molar-refractivity contribution in [1.29, 1.82) is 0 Å². The lowest BCUT2D eigenvalue weighted by molar-refractivity contribution is 0.715. The van der Waals surface area contributed by atoms with E-state index in [-0.39, 0.29) is 0 Å². The first-order valence-corrected chi connectivity index (χ1v) is 5.85. The van der Waals surface area contributed by atoms with Crippen LogP contribution in [-0.2, 0) is 7.05 Å². The molecule has 0 fully saturated rings. The quantitative estimate of drug-likeness (QED) is 0.683. The summed E-state index contributed by atoms with van der Waals surface area (Å²) in [7, 11) is 1.87. The summed E-state index contributed by atoms with van der Waals surface area (Å²) < 4.78 is 1.71. The molecule has 18 heavy (non-hydrogen) atoms. The second kappa shape index (κ2) is 4.45. The van der Waals surface area contributed by atoms with Gasteiger partial charge in [0.25, 0.3) is 0 Å². The smallest absolute Gasteiger partial charge is 0.113 e. The number of nitrogens with zero attached hydrogens (tertiary/aromatic N) is 3. The average Bonchev–Trinajstić information content (AvgIpc) is 2.87. The van der Waals surface area contributed by atoms with E-state index in [9.17, 15) is 0 Å². The summed E-state index contributed by atoms with van der Waals surface area (Å²) in [6, 6.07) is 18.7. The van der Waals surface area contributed by atoms with Gasteiger partial charge >= 0.3 is 0 Å². The van der Waals surface area contributed by atoms with E-state index in [4.69, 9.17) is 0 Å². The molecule has 0 N–H and O–H groups in total. The average molecular weight is 235 g/mol. The third-order valence-electron chi connectivity index (χ3n) is 2.89. The zero-order valence-corrected chi connectivity index (χ0v) is 10.1. The Morgan fingerprint density at radius 2 is 1.39 bits per heavy atom. The van der Waals surface area contributed by atoms with E-state index in [2.05, 4.69) is 46.7 Å². The Labute approximate surface area is 106 Å². The third kappa shape index (κ3) is 2.02. The molecule has 0 aliphatic rings. The van der Waals surface area contributed by atoms with Crippen molar-refractivity contribution in [2.75, 3.05) is 0 Å². The molecule has 2 aromatic carbocycles. The van der Waals surface area contributed by atoms with Gasteiger partial charge in [-0.1, -0.05) is 59.8 Å². The van der Waals surface area contributed by atoms with Crippen LogP contribution in [0.5, 0.6) is 0 Å². The highest BCUT2D eigenvalue weighted by atomic mass is 15.4. The molecule has 0 saturated carbocycles. The zero-order valence-electron chi connectivity index (χ0n) is 10.1. The molecule has 0 unspecified atom stereocenters. The first-order chi connectivity index (χ1) is 8.83. The number of benzene rings is 2. The van der Waals surface area contributed by atoms with Gasteiger partial charge in [0, 0.05) is 12.6 Å². The van der Waals surface area contributed by atoms with E-state index in [0.29, 0.717) is 0 Å². The highest BCUT2D eigenvalue weighted by molar-refractivity contribution is 5.68. The summed E-state index contributed by atoms with van der Waals surface area (Å²) in [6.45, 7) is 0. The SMILES string of the molecule is Cn1cc(-c2ccc(-c3ccccc3)cc2)nn1. The van der Waals surface area contributed by atoms with Gasteiger partial charge in [-0.25, -0.2) is 0 Å². The summed E-state index contributed by atoms with van der Waals surface area (Å²) in [5.41, 5.74) is 4.42. The van der Waals surface area contributed by atoms with E-state index < -0.39 is 0 Å². The summed E-state index contributed by atoms with van der Waals surface area (Å²) in [5.74, 6) is 0. The lowest BCUT2D eigenvalue weighted by atomic mass is 10.0. The molecule has 0 saturated heterocycles. The Kier molecular flexibility index (Phi) is 2.65. The minimum Gasteiger partial charge on any atom is -0.255 e. The van der Waals surface area contributed by atoms with Crippen molar-refractivity contribution in [2.24, 2.45) is 7.05 Å². The molecular formula is C15H13N3. The summed E-state index contributed by atoms with van der Waals surface area (Å²) in [5, 5.41) is 8.04. The van der Waals surface area contributed by atoms with Crippen molar-refractivity contribution in [3.05, 3.63) is 60.8 Å². The molecule has 0 amide bonds. The van der Waals surface area contributed by atoms with Gasteiger partial charge in [-0.15, -0.1) is 5.10 Å². The molecule has 3 nitrogen and oxygen atoms in total. The van der Waals surface area contributed by atoms with Crippen LogP contribution < -0.4 is 0 Å². The first kappa shape index (κ1) is 10.7. The molecule has 3 aromatic rings. The number of hydrogen-bond donors (Lipinski definition) is 0. The first-order valence-electron chi connectivity index (χ1n) is 5.85. The molecule has 0 aliphatic carbocycles. The van der Waals surface area contributed by atoms with Crippen molar-refractivity contribution in [2.45, 2.75) is 0 Å². The van der Waals surface area contributed by atoms with Crippen LogP contribution in [0.25, 0.3) is 22.4 Å². The van der Waals surface area contributed by atoms with Gasteiger partial charge in [-0.3, -0.25) is 4.68 Å². The maximum absolute atomic E-state index is 4.10. The maximum Gasteiger partial charge on any atom is 0.113 e. The van der Waals surface area contributed by atoms with E-state index in [1.807, 2.05) is 31.4 Å². The molecule has 0 radical (unpaired) electrons. The van der Waals surface area contributed by atoms with E-state index in [1.54, 1.807) is 4.68 Å². The third-order valence-corrected chi connectivity index (χ3v) is 2.89. The van der Waals surface area contributed by atoms with Crippen LogP contribution in [0.1, 0.15) is 0 Å². The number of aryl methyl sites for hydroxylation is 1. The monoisotopic (exact) mass is 235 g/mol. The molecular weight excluding hydrogens is 222 g/mol. The van der Waals surface area contributed by atoms with Crippen molar-refractivity contribution >= 4 is 0 Å². The van der Waals surface area contributed by atoms with E-state index in [1.165, 1.54) is 11.1 Å². The van der Waals surface area contributed by atoms with Gasteiger partial charge in [-0.05, 0) is 11.1 Å². The van der Waals surface area contributed by atoms with Crippen molar-refractivity contribution in [3.8, 4) is 22.4 Å². The van der Waals surface area contributed by atoms with E-state index >= 15 is 0 Å². The topological polar surface area (TPSA) is 30.7 Å². The molecule has 3 heteroatoms. The fraction of sp³-hybridized carbons (Fsp3) is 0.0667. The Morgan fingerprint density at radius 1 is 0.778 bits per heavy atom. The standard InChI is InChI=1S/C15H13N3/c1-18-11-15(16-17-18)14-9-7-13(8-10-14)12-5-3-2-4-6-12/h2-11H,1H3. The molecule has 0 spiro atoms. The molecule has 0 aliphatic heterocycles. The molecule has 1 heterocycles. The highest BCUT2D eigenvalue weighted by Crippen LogP contribution is 2.23. The summed E-state index contributed by atoms with van der Waals surface area (Å²) in [6.07, 6.45) is 1.91. The van der Waals surface area contributed by atoms with Crippen molar-refractivity contribution in [3.63, 3.8) is 0 Å². The Balaban J connectivity index is 1.94.